The predicted octanol–water partition coefficient (Wildman–Crippen LogP) is 0.511. The van der Waals surface area contributed by atoms with Gasteiger partial charge >= 0.3 is 0 Å². The summed E-state index contributed by atoms with van der Waals surface area (Å²) in [6.07, 6.45) is 2.97. The van der Waals surface area contributed by atoms with E-state index in [2.05, 4.69) is 4.36 Å². The molecule has 5 heteroatoms. The fourth-order valence-corrected chi connectivity index (χ4v) is 0.875. The molecule has 4 nitrogen and oxygen atoms in total. The van der Waals surface area contributed by atoms with Gasteiger partial charge in [0.15, 0.2) is 9.92 Å². The van der Waals surface area contributed by atoms with Gasteiger partial charge in [0.25, 0.3) is 0 Å². The number of nitrogens with two attached hydrogens (primary N) is 1. The molecule has 0 amide bonds. The van der Waals surface area contributed by atoms with E-state index in [9.17, 15) is 4.21 Å². The van der Waals surface area contributed by atoms with Gasteiger partial charge in [0.05, 0.1) is 0 Å². The predicted molar refractivity (Wildman–Crippen MR) is 43.2 cm³/mol. The molecule has 0 aliphatic rings. The lowest BCUT2D eigenvalue weighted by Crippen LogP contribution is -2.20. The van der Waals surface area contributed by atoms with Crippen molar-refractivity contribution in [3.05, 3.63) is 12.2 Å². The molecular weight excluding hydrogens is 150 g/mol. The van der Waals surface area contributed by atoms with Crippen LogP contribution in [0, 0.1) is 5.41 Å². The highest BCUT2D eigenvalue weighted by Gasteiger charge is 2.02. The monoisotopic (exact) mass is 161 g/mol. The Hall–Kier alpha value is -0.680. The van der Waals surface area contributed by atoms with Crippen LogP contribution in [-0.2, 0) is 9.92 Å². The molecule has 0 rings (SSSR count). The average Bonchev–Trinajstić information content (AvgIpc) is 1.89. The molecule has 0 aromatic heterocycles. The molecule has 0 saturated heterocycles. The SMILES string of the molecule is C/C=C\C(=N)S(N)(=O)=NC. The van der Waals surface area contributed by atoms with Crippen LogP contribution in [0.15, 0.2) is 16.5 Å². The van der Waals surface area contributed by atoms with E-state index in [-0.39, 0.29) is 5.04 Å². The van der Waals surface area contributed by atoms with Crippen molar-refractivity contribution in [2.24, 2.45) is 9.50 Å². The van der Waals surface area contributed by atoms with Gasteiger partial charge in [-0.05, 0) is 13.0 Å². The van der Waals surface area contributed by atoms with Crippen molar-refractivity contribution in [2.75, 3.05) is 7.05 Å². The molecule has 0 heterocycles. The number of nitrogens with zero attached hydrogens (tertiary/aromatic N) is 1. The summed E-state index contributed by atoms with van der Waals surface area (Å²) in [4.78, 5) is 0. The van der Waals surface area contributed by atoms with Gasteiger partial charge in [0.1, 0.15) is 5.04 Å². The zero-order valence-corrected chi connectivity index (χ0v) is 6.81. The Bertz CT molecular complexity index is 260. The van der Waals surface area contributed by atoms with E-state index in [1.807, 2.05) is 0 Å². The summed E-state index contributed by atoms with van der Waals surface area (Å²) in [5.74, 6) is 0. The minimum absolute atomic E-state index is 0.141. The molecule has 0 aromatic carbocycles. The van der Waals surface area contributed by atoms with E-state index in [4.69, 9.17) is 10.5 Å². The van der Waals surface area contributed by atoms with Crippen molar-refractivity contribution in [3.8, 4) is 0 Å². The van der Waals surface area contributed by atoms with Crippen LogP contribution in [0.2, 0.25) is 0 Å². The zero-order chi connectivity index (χ0) is 8.20. The summed E-state index contributed by atoms with van der Waals surface area (Å²) in [7, 11) is -1.56. The highest BCUT2D eigenvalue weighted by Crippen LogP contribution is 1.89. The first-order valence-corrected chi connectivity index (χ1v) is 4.26. The molecule has 3 N–H and O–H groups in total. The highest BCUT2D eigenvalue weighted by molar-refractivity contribution is 8.06. The lowest BCUT2D eigenvalue weighted by Gasteiger charge is -1.97. The van der Waals surface area contributed by atoms with Crippen LogP contribution >= 0.6 is 0 Å². The largest absolute Gasteiger partial charge is 0.290 e. The maximum atomic E-state index is 11.0. The van der Waals surface area contributed by atoms with Crippen molar-refractivity contribution < 1.29 is 4.21 Å². The normalized spacial score (nSPS) is 16.7. The fourth-order valence-electron chi connectivity index (χ4n) is 0.347. The highest BCUT2D eigenvalue weighted by atomic mass is 32.2. The lowest BCUT2D eigenvalue weighted by molar-refractivity contribution is 0.684. The standard InChI is InChI=1S/C5H11N3OS/c1-3-4-5(6)10(7,9)8-2/h3-4,6H,1-2H3,(H2,7,8,9)/b4-3-,6-5?. The van der Waals surface area contributed by atoms with E-state index in [1.54, 1.807) is 13.0 Å². The van der Waals surface area contributed by atoms with Crippen LogP contribution in [-0.4, -0.2) is 16.3 Å². The fraction of sp³-hybridized carbons (Fsp3) is 0.400. The molecule has 0 bridgehead atoms. The molecule has 58 valence electrons. The summed E-state index contributed by atoms with van der Waals surface area (Å²) < 4.78 is 14.3. The number of hydrogen-bond acceptors (Lipinski definition) is 3. The molecule has 0 spiro atoms. The van der Waals surface area contributed by atoms with Gasteiger partial charge in [-0.15, -0.1) is 0 Å². The summed E-state index contributed by atoms with van der Waals surface area (Å²) in [5, 5.41) is 12.1. The Morgan fingerprint density at radius 1 is 1.80 bits per heavy atom. The van der Waals surface area contributed by atoms with Crippen molar-refractivity contribution in [2.45, 2.75) is 6.92 Å². The first kappa shape index (κ1) is 9.32. The molecule has 0 aliphatic heterocycles. The summed E-state index contributed by atoms with van der Waals surface area (Å²) in [6.45, 7) is 1.72. The Morgan fingerprint density at radius 3 is 2.60 bits per heavy atom. The van der Waals surface area contributed by atoms with Gasteiger partial charge in [-0.25, -0.2) is 13.7 Å². The minimum Gasteiger partial charge on any atom is -0.290 e. The smallest absolute Gasteiger partial charge is 0.151 e. The van der Waals surface area contributed by atoms with E-state index in [1.165, 1.54) is 13.1 Å². The topological polar surface area (TPSA) is 79.3 Å². The van der Waals surface area contributed by atoms with Crippen molar-refractivity contribution in [1.29, 1.82) is 5.41 Å². The molecule has 1 unspecified atom stereocenters. The lowest BCUT2D eigenvalue weighted by atomic mass is 10.6. The molecule has 0 saturated carbocycles. The van der Waals surface area contributed by atoms with Crippen LogP contribution in [0.5, 0.6) is 0 Å². The molecular formula is C5H11N3OS. The van der Waals surface area contributed by atoms with Crippen LogP contribution in [0.1, 0.15) is 6.92 Å². The molecule has 0 radical (unpaired) electrons. The molecule has 0 aromatic rings. The Balaban J connectivity index is 4.70. The third kappa shape index (κ3) is 2.28. The molecule has 1 atom stereocenters. The summed E-state index contributed by atoms with van der Waals surface area (Å²) >= 11 is 0. The molecule has 0 aliphatic carbocycles. The van der Waals surface area contributed by atoms with E-state index < -0.39 is 9.92 Å². The Morgan fingerprint density at radius 2 is 2.30 bits per heavy atom. The number of nitrogens with one attached hydrogen (secondary N) is 1. The Labute approximate surface area is 60.9 Å². The summed E-state index contributed by atoms with van der Waals surface area (Å²) in [5.41, 5.74) is 0. The van der Waals surface area contributed by atoms with Gasteiger partial charge < -0.3 is 0 Å². The second kappa shape index (κ2) is 3.48. The first-order chi connectivity index (χ1) is 4.54. The van der Waals surface area contributed by atoms with Crippen LogP contribution in [0.25, 0.3) is 0 Å². The Kier molecular flexibility index (Phi) is 3.24. The average molecular weight is 161 g/mol. The van der Waals surface area contributed by atoms with Gasteiger partial charge in [-0.2, -0.15) is 0 Å². The molecule has 10 heavy (non-hydrogen) atoms. The van der Waals surface area contributed by atoms with Crippen LogP contribution in [0.4, 0.5) is 0 Å². The maximum Gasteiger partial charge on any atom is 0.151 e. The zero-order valence-electron chi connectivity index (χ0n) is 6.00. The third-order valence-electron chi connectivity index (χ3n) is 0.904. The van der Waals surface area contributed by atoms with E-state index in [0.29, 0.717) is 0 Å². The maximum absolute atomic E-state index is 11.0. The summed E-state index contributed by atoms with van der Waals surface area (Å²) in [6, 6.07) is 0. The van der Waals surface area contributed by atoms with Crippen molar-refractivity contribution in [3.63, 3.8) is 0 Å². The van der Waals surface area contributed by atoms with Gasteiger partial charge in [0.2, 0.25) is 0 Å². The van der Waals surface area contributed by atoms with Crippen molar-refractivity contribution in [1.82, 2.24) is 0 Å². The third-order valence-corrected chi connectivity index (χ3v) is 2.21. The second-order valence-corrected chi connectivity index (χ2v) is 3.56. The second-order valence-electron chi connectivity index (χ2n) is 1.62. The van der Waals surface area contributed by atoms with Crippen LogP contribution < -0.4 is 5.14 Å². The first-order valence-electron chi connectivity index (χ1n) is 2.69. The minimum atomic E-state index is -2.89. The number of hydrogen-bond donors (Lipinski definition) is 2. The van der Waals surface area contributed by atoms with Gasteiger partial charge in [-0.3, -0.25) is 5.41 Å². The molecule has 0 fully saturated rings. The van der Waals surface area contributed by atoms with Gasteiger partial charge in [-0.1, -0.05) is 6.08 Å². The number of allylic oxidation sites excluding steroid dienone is 1. The number of rotatable bonds is 1. The van der Waals surface area contributed by atoms with E-state index >= 15 is 0 Å². The quantitative estimate of drug-likeness (QED) is 0.426. The van der Waals surface area contributed by atoms with Crippen LogP contribution in [0.3, 0.4) is 0 Å². The van der Waals surface area contributed by atoms with Crippen molar-refractivity contribution >= 4 is 15.0 Å². The van der Waals surface area contributed by atoms with Gasteiger partial charge in [0, 0.05) is 7.05 Å². The van der Waals surface area contributed by atoms with E-state index in [0.717, 1.165) is 0 Å².